The van der Waals surface area contributed by atoms with Gasteiger partial charge in [-0.1, -0.05) is 0 Å². The highest BCUT2D eigenvalue weighted by Crippen LogP contribution is 2.16. The fourth-order valence-electron chi connectivity index (χ4n) is 1.65. The van der Waals surface area contributed by atoms with Gasteiger partial charge in [0.15, 0.2) is 0 Å². The van der Waals surface area contributed by atoms with Crippen molar-refractivity contribution < 1.29 is 18.7 Å². The van der Waals surface area contributed by atoms with Crippen LogP contribution in [0.15, 0.2) is 18.2 Å². The SMILES string of the molecule is COCC(C)OCCCC(=O)Nc1ccc(F)c(N)c1. The van der Waals surface area contributed by atoms with Crippen molar-refractivity contribution in [2.24, 2.45) is 0 Å². The van der Waals surface area contributed by atoms with E-state index in [2.05, 4.69) is 5.32 Å². The van der Waals surface area contributed by atoms with E-state index in [1.165, 1.54) is 18.2 Å². The van der Waals surface area contributed by atoms with Crippen molar-refractivity contribution in [3.05, 3.63) is 24.0 Å². The van der Waals surface area contributed by atoms with Gasteiger partial charge in [0.2, 0.25) is 5.91 Å². The molecule has 0 fully saturated rings. The van der Waals surface area contributed by atoms with Crippen molar-refractivity contribution in [2.45, 2.75) is 25.9 Å². The van der Waals surface area contributed by atoms with E-state index in [1.54, 1.807) is 7.11 Å². The second kappa shape index (κ2) is 8.50. The largest absolute Gasteiger partial charge is 0.396 e. The number of halogens is 1. The van der Waals surface area contributed by atoms with Gasteiger partial charge in [0, 0.05) is 25.8 Å². The summed E-state index contributed by atoms with van der Waals surface area (Å²) < 4.78 is 23.3. The Morgan fingerprint density at radius 1 is 1.50 bits per heavy atom. The molecule has 0 aliphatic carbocycles. The van der Waals surface area contributed by atoms with Gasteiger partial charge < -0.3 is 20.5 Å². The van der Waals surface area contributed by atoms with E-state index in [0.717, 1.165) is 0 Å². The summed E-state index contributed by atoms with van der Waals surface area (Å²) in [4.78, 5) is 11.7. The number of carbonyl (C=O) groups excluding carboxylic acids is 1. The molecule has 0 aliphatic heterocycles. The first-order chi connectivity index (χ1) is 9.52. The Bertz CT molecular complexity index is 440. The van der Waals surface area contributed by atoms with Crippen LogP contribution < -0.4 is 11.1 Å². The molecule has 20 heavy (non-hydrogen) atoms. The number of hydrogen-bond donors (Lipinski definition) is 2. The van der Waals surface area contributed by atoms with E-state index in [9.17, 15) is 9.18 Å². The molecule has 1 aromatic carbocycles. The highest BCUT2D eigenvalue weighted by molar-refractivity contribution is 5.91. The smallest absolute Gasteiger partial charge is 0.224 e. The van der Waals surface area contributed by atoms with Crippen LogP contribution in [0.25, 0.3) is 0 Å². The topological polar surface area (TPSA) is 73.6 Å². The van der Waals surface area contributed by atoms with E-state index in [0.29, 0.717) is 31.7 Å². The van der Waals surface area contributed by atoms with Crippen molar-refractivity contribution in [3.63, 3.8) is 0 Å². The lowest BCUT2D eigenvalue weighted by molar-refractivity contribution is -0.116. The first-order valence-electron chi connectivity index (χ1n) is 6.48. The molecular weight excluding hydrogens is 263 g/mol. The number of nitrogens with one attached hydrogen (secondary N) is 1. The molecule has 6 heteroatoms. The number of ether oxygens (including phenoxy) is 2. The molecule has 0 spiro atoms. The number of carbonyl (C=O) groups is 1. The fraction of sp³-hybridized carbons (Fsp3) is 0.500. The van der Waals surface area contributed by atoms with Crippen LogP contribution in [0.2, 0.25) is 0 Å². The van der Waals surface area contributed by atoms with Crippen LogP contribution in [0.3, 0.4) is 0 Å². The average molecular weight is 284 g/mol. The van der Waals surface area contributed by atoms with Gasteiger partial charge in [-0.3, -0.25) is 4.79 Å². The Hall–Kier alpha value is -1.66. The number of methoxy groups -OCH3 is 1. The summed E-state index contributed by atoms with van der Waals surface area (Å²) in [5.74, 6) is -0.650. The van der Waals surface area contributed by atoms with Crippen LogP contribution in [0.1, 0.15) is 19.8 Å². The first-order valence-corrected chi connectivity index (χ1v) is 6.48. The van der Waals surface area contributed by atoms with Crippen molar-refractivity contribution in [3.8, 4) is 0 Å². The Balaban J connectivity index is 2.25. The van der Waals surface area contributed by atoms with Crippen LogP contribution in [0, 0.1) is 5.82 Å². The minimum Gasteiger partial charge on any atom is -0.396 e. The van der Waals surface area contributed by atoms with Crippen LogP contribution in [0.4, 0.5) is 15.8 Å². The summed E-state index contributed by atoms with van der Waals surface area (Å²) >= 11 is 0. The first kappa shape index (κ1) is 16.4. The maximum absolute atomic E-state index is 13.0. The lowest BCUT2D eigenvalue weighted by Gasteiger charge is -2.11. The number of hydrogen-bond acceptors (Lipinski definition) is 4. The van der Waals surface area contributed by atoms with Gasteiger partial charge in [-0.25, -0.2) is 4.39 Å². The monoisotopic (exact) mass is 284 g/mol. The van der Waals surface area contributed by atoms with Crippen molar-refractivity contribution in [1.82, 2.24) is 0 Å². The van der Waals surface area contributed by atoms with Crippen molar-refractivity contribution in [1.29, 1.82) is 0 Å². The molecule has 1 aromatic rings. The van der Waals surface area contributed by atoms with Gasteiger partial charge in [0.05, 0.1) is 18.4 Å². The third-order valence-corrected chi connectivity index (χ3v) is 2.63. The summed E-state index contributed by atoms with van der Waals surface area (Å²) in [6.07, 6.45) is 0.952. The molecule has 0 saturated carbocycles. The van der Waals surface area contributed by atoms with Gasteiger partial charge in [0.1, 0.15) is 5.82 Å². The maximum atomic E-state index is 13.0. The lowest BCUT2D eigenvalue weighted by Crippen LogP contribution is -2.17. The molecule has 1 atom stereocenters. The second-order valence-corrected chi connectivity index (χ2v) is 4.52. The van der Waals surface area contributed by atoms with Gasteiger partial charge in [-0.2, -0.15) is 0 Å². The highest BCUT2D eigenvalue weighted by Gasteiger charge is 2.06. The zero-order valence-corrected chi connectivity index (χ0v) is 11.8. The number of nitrogen functional groups attached to an aromatic ring is 1. The van der Waals surface area contributed by atoms with Crippen LogP contribution in [0.5, 0.6) is 0 Å². The minimum absolute atomic E-state index is 0.0134. The molecule has 0 saturated heterocycles. The number of rotatable bonds is 8. The van der Waals surface area contributed by atoms with E-state index < -0.39 is 5.82 Å². The molecule has 0 aliphatic rings. The molecular formula is C14H21FN2O3. The van der Waals surface area contributed by atoms with Gasteiger partial charge in [-0.15, -0.1) is 0 Å². The predicted octanol–water partition coefficient (Wildman–Crippen LogP) is 2.18. The van der Waals surface area contributed by atoms with E-state index in [4.69, 9.17) is 15.2 Å². The van der Waals surface area contributed by atoms with E-state index >= 15 is 0 Å². The zero-order chi connectivity index (χ0) is 15.0. The van der Waals surface area contributed by atoms with Crippen molar-refractivity contribution >= 4 is 17.3 Å². The lowest BCUT2D eigenvalue weighted by atomic mass is 10.2. The summed E-state index contributed by atoms with van der Waals surface area (Å²) in [6, 6.07) is 4.09. The Labute approximate surface area is 118 Å². The fourth-order valence-corrected chi connectivity index (χ4v) is 1.65. The normalized spacial score (nSPS) is 12.2. The molecule has 1 unspecified atom stereocenters. The van der Waals surface area contributed by atoms with Crippen LogP contribution in [-0.4, -0.2) is 32.3 Å². The Morgan fingerprint density at radius 3 is 2.90 bits per heavy atom. The third-order valence-electron chi connectivity index (χ3n) is 2.63. The summed E-state index contributed by atoms with van der Waals surface area (Å²) in [7, 11) is 1.61. The number of anilines is 2. The zero-order valence-electron chi connectivity index (χ0n) is 11.8. The number of amides is 1. The molecule has 1 rings (SSSR count). The highest BCUT2D eigenvalue weighted by atomic mass is 19.1. The number of benzene rings is 1. The maximum Gasteiger partial charge on any atom is 0.224 e. The molecule has 0 heterocycles. The molecule has 112 valence electrons. The van der Waals surface area contributed by atoms with Gasteiger partial charge in [0.25, 0.3) is 0 Å². The van der Waals surface area contributed by atoms with Crippen molar-refractivity contribution in [2.75, 3.05) is 31.4 Å². The van der Waals surface area contributed by atoms with Gasteiger partial charge in [-0.05, 0) is 31.5 Å². The summed E-state index contributed by atoms with van der Waals surface area (Å²) in [6.45, 7) is 2.93. The predicted molar refractivity (Wildman–Crippen MR) is 76.0 cm³/mol. The van der Waals surface area contributed by atoms with E-state index in [1.807, 2.05) is 6.92 Å². The second-order valence-electron chi connectivity index (χ2n) is 4.52. The van der Waals surface area contributed by atoms with Crippen LogP contribution >= 0.6 is 0 Å². The Morgan fingerprint density at radius 2 is 2.25 bits per heavy atom. The standard InChI is InChI=1S/C14H21FN2O3/c1-10(9-19-2)20-7-3-4-14(18)17-11-5-6-12(15)13(16)8-11/h5-6,8,10H,3-4,7,9,16H2,1-2H3,(H,17,18). The number of nitrogens with two attached hydrogens (primary N) is 1. The molecule has 0 radical (unpaired) electrons. The van der Waals surface area contributed by atoms with E-state index in [-0.39, 0.29) is 17.7 Å². The molecule has 0 aromatic heterocycles. The molecule has 5 nitrogen and oxygen atoms in total. The summed E-state index contributed by atoms with van der Waals surface area (Å²) in [5.41, 5.74) is 5.92. The molecule has 3 N–H and O–H groups in total. The summed E-state index contributed by atoms with van der Waals surface area (Å²) in [5, 5.41) is 2.66. The average Bonchev–Trinajstić information content (AvgIpc) is 2.39. The van der Waals surface area contributed by atoms with Gasteiger partial charge >= 0.3 is 0 Å². The minimum atomic E-state index is -0.497. The quantitative estimate of drug-likeness (QED) is 0.567. The molecule has 1 amide bonds. The molecule has 0 bridgehead atoms. The third kappa shape index (κ3) is 5.99. The Kier molecular flexibility index (Phi) is 6.97. The van der Waals surface area contributed by atoms with Crippen LogP contribution in [-0.2, 0) is 14.3 Å².